The highest BCUT2D eigenvalue weighted by Crippen LogP contribution is 2.37. The third-order valence-electron chi connectivity index (χ3n) is 4.62. The lowest BCUT2D eigenvalue weighted by molar-refractivity contribution is 0.227. The standard InChI is InChI=1S/C15H26.CH4S/c1-2-13-8-10-15(11-9-13)12-14-6-4-3-5-7-14;1-2/h2,13-15H,1,3-12H2;2H,1H3. The van der Waals surface area contributed by atoms with Crippen LogP contribution in [0, 0.1) is 17.8 Å². The summed E-state index contributed by atoms with van der Waals surface area (Å²) < 4.78 is 0. The molecule has 0 aliphatic heterocycles. The van der Waals surface area contributed by atoms with Gasteiger partial charge in [-0.2, -0.15) is 12.6 Å². The first-order valence-corrected chi connectivity index (χ1v) is 8.35. The van der Waals surface area contributed by atoms with Crippen LogP contribution in [0.15, 0.2) is 12.7 Å². The van der Waals surface area contributed by atoms with Crippen molar-refractivity contribution in [1.82, 2.24) is 0 Å². The van der Waals surface area contributed by atoms with E-state index in [4.69, 9.17) is 0 Å². The number of thiol groups is 1. The van der Waals surface area contributed by atoms with Crippen LogP contribution >= 0.6 is 12.6 Å². The van der Waals surface area contributed by atoms with Crippen LogP contribution in [0.3, 0.4) is 0 Å². The maximum atomic E-state index is 3.93. The van der Waals surface area contributed by atoms with Crippen LogP contribution in [-0.4, -0.2) is 6.26 Å². The molecule has 0 nitrogen and oxygen atoms in total. The first kappa shape index (κ1) is 15.1. The van der Waals surface area contributed by atoms with Crippen molar-refractivity contribution in [2.45, 2.75) is 64.2 Å². The van der Waals surface area contributed by atoms with Gasteiger partial charge in [0.15, 0.2) is 0 Å². The Kier molecular flexibility index (Phi) is 8.09. The number of hydrogen-bond acceptors (Lipinski definition) is 1. The number of allylic oxidation sites excluding steroid dienone is 1. The van der Waals surface area contributed by atoms with Crippen molar-refractivity contribution in [2.75, 3.05) is 6.26 Å². The van der Waals surface area contributed by atoms with Crippen molar-refractivity contribution in [3.05, 3.63) is 12.7 Å². The van der Waals surface area contributed by atoms with Gasteiger partial charge in [-0.1, -0.05) is 38.2 Å². The number of rotatable bonds is 3. The van der Waals surface area contributed by atoms with Gasteiger partial charge in [-0.05, 0) is 56.1 Å². The fourth-order valence-corrected chi connectivity index (χ4v) is 3.55. The minimum Gasteiger partial charge on any atom is -0.183 e. The van der Waals surface area contributed by atoms with Crippen LogP contribution in [0.5, 0.6) is 0 Å². The van der Waals surface area contributed by atoms with Gasteiger partial charge in [0.2, 0.25) is 0 Å². The Morgan fingerprint density at radius 2 is 1.41 bits per heavy atom. The maximum Gasteiger partial charge on any atom is -0.0215 e. The van der Waals surface area contributed by atoms with E-state index in [2.05, 4.69) is 25.3 Å². The lowest BCUT2D eigenvalue weighted by atomic mass is 9.75. The SMILES string of the molecule is C=CC1CCC(CC2CCCCC2)CC1.CS. The van der Waals surface area contributed by atoms with Crippen molar-refractivity contribution in [1.29, 1.82) is 0 Å². The van der Waals surface area contributed by atoms with Gasteiger partial charge in [0.25, 0.3) is 0 Å². The molecule has 100 valence electrons. The molecule has 0 spiro atoms. The number of hydrogen-bond donors (Lipinski definition) is 1. The summed E-state index contributed by atoms with van der Waals surface area (Å²) in [6.07, 6.45) is 18.8. The van der Waals surface area contributed by atoms with Crippen molar-refractivity contribution in [2.24, 2.45) is 17.8 Å². The van der Waals surface area contributed by atoms with Crippen LogP contribution in [0.4, 0.5) is 0 Å². The maximum absolute atomic E-state index is 3.93. The highest BCUT2D eigenvalue weighted by Gasteiger charge is 2.23. The highest BCUT2D eigenvalue weighted by molar-refractivity contribution is 7.79. The van der Waals surface area contributed by atoms with Gasteiger partial charge in [-0.25, -0.2) is 0 Å². The molecule has 1 heteroatoms. The summed E-state index contributed by atoms with van der Waals surface area (Å²) in [6.45, 7) is 3.93. The third-order valence-corrected chi connectivity index (χ3v) is 4.62. The largest absolute Gasteiger partial charge is 0.183 e. The molecule has 0 bridgehead atoms. The molecule has 0 saturated heterocycles. The second-order valence-electron chi connectivity index (χ2n) is 5.76. The summed E-state index contributed by atoms with van der Waals surface area (Å²) >= 11 is 3.53. The fraction of sp³-hybridized carbons (Fsp3) is 0.875. The van der Waals surface area contributed by atoms with Crippen LogP contribution < -0.4 is 0 Å². The fourth-order valence-electron chi connectivity index (χ4n) is 3.55. The molecule has 0 unspecified atom stereocenters. The molecular formula is C16H30S. The van der Waals surface area contributed by atoms with Gasteiger partial charge in [0.05, 0.1) is 0 Å². The quantitative estimate of drug-likeness (QED) is 0.499. The first-order chi connectivity index (χ1) is 8.38. The van der Waals surface area contributed by atoms with E-state index in [9.17, 15) is 0 Å². The van der Waals surface area contributed by atoms with Crippen molar-refractivity contribution in [3.63, 3.8) is 0 Å². The Morgan fingerprint density at radius 3 is 1.94 bits per heavy atom. The molecule has 0 heterocycles. The van der Waals surface area contributed by atoms with Crippen LogP contribution in [-0.2, 0) is 0 Å². The van der Waals surface area contributed by atoms with E-state index in [1.807, 2.05) is 0 Å². The van der Waals surface area contributed by atoms with E-state index in [0.717, 1.165) is 17.8 Å². The van der Waals surface area contributed by atoms with Crippen LogP contribution in [0.1, 0.15) is 64.2 Å². The molecule has 0 aromatic carbocycles. The Labute approximate surface area is 114 Å². The third kappa shape index (κ3) is 5.50. The minimum atomic E-state index is 0.840. The minimum absolute atomic E-state index is 0.840. The zero-order chi connectivity index (χ0) is 12.5. The van der Waals surface area contributed by atoms with Gasteiger partial charge < -0.3 is 0 Å². The predicted octanol–water partition coefficient (Wildman–Crippen LogP) is 5.50. The molecule has 0 amide bonds. The van der Waals surface area contributed by atoms with E-state index >= 15 is 0 Å². The zero-order valence-corrected chi connectivity index (χ0v) is 12.4. The molecule has 0 aromatic heterocycles. The van der Waals surface area contributed by atoms with Crippen molar-refractivity contribution in [3.8, 4) is 0 Å². The summed E-state index contributed by atoms with van der Waals surface area (Å²) in [5, 5.41) is 0. The molecule has 0 radical (unpaired) electrons. The first-order valence-electron chi connectivity index (χ1n) is 7.45. The van der Waals surface area contributed by atoms with Crippen molar-refractivity contribution >= 4 is 12.6 Å². The summed E-state index contributed by atoms with van der Waals surface area (Å²) in [6, 6.07) is 0. The molecule has 2 rings (SSSR count). The monoisotopic (exact) mass is 254 g/mol. The summed E-state index contributed by atoms with van der Waals surface area (Å²) in [5.74, 6) is 2.99. The summed E-state index contributed by atoms with van der Waals surface area (Å²) in [5.41, 5.74) is 0. The van der Waals surface area contributed by atoms with E-state index in [1.54, 1.807) is 12.7 Å². The lowest BCUT2D eigenvalue weighted by Crippen LogP contribution is -2.17. The predicted molar refractivity (Wildman–Crippen MR) is 81.7 cm³/mol. The molecule has 17 heavy (non-hydrogen) atoms. The topological polar surface area (TPSA) is 0 Å². The Morgan fingerprint density at radius 1 is 0.882 bits per heavy atom. The second kappa shape index (κ2) is 9.08. The highest BCUT2D eigenvalue weighted by atomic mass is 32.1. The van der Waals surface area contributed by atoms with Gasteiger partial charge in [0.1, 0.15) is 0 Å². The van der Waals surface area contributed by atoms with Gasteiger partial charge in [0, 0.05) is 0 Å². The zero-order valence-electron chi connectivity index (χ0n) is 11.5. The second-order valence-corrected chi connectivity index (χ2v) is 5.76. The molecule has 0 aromatic rings. The van der Waals surface area contributed by atoms with E-state index in [-0.39, 0.29) is 0 Å². The van der Waals surface area contributed by atoms with Gasteiger partial charge >= 0.3 is 0 Å². The van der Waals surface area contributed by atoms with Crippen LogP contribution in [0.2, 0.25) is 0 Å². The summed E-state index contributed by atoms with van der Waals surface area (Å²) in [7, 11) is 0. The summed E-state index contributed by atoms with van der Waals surface area (Å²) in [4.78, 5) is 0. The van der Waals surface area contributed by atoms with E-state index in [0.29, 0.717) is 0 Å². The molecule has 2 aliphatic carbocycles. The average molecular weight is 254 g/mol. The normalized spacial score (nSPS) is 30.2. The van der Waals surface area contributed by atoms with Gasteiger partial charge in [-0.15, -0.1) is 6.58 Å². The molecule has 2 aliphatic rings. The Hall–Kier alpha value is 0.0900. The molecular weight excluding hydrogens is 224 g/mol. The smallest absolute Gasteiger partial charge is 0.0215 e. The lowest BCUT2D eigenvalue weighted by Gasteiger charge is -2.31. The van der Waals surface area contributed by atoms with Gasteiger partial charge in [-0.3, -0.25) is 0 Å². The molecule has 2 saturated carbocycles. The molecule has 0 atom stereocenters. The Bertz CT molecular complexity index is 186. The molecule has 2 fully saturated rings. The Balaban J connectivity index is 0.000000686. The van der Waals surface area contributed by atoms with E-state index < -0.39 is 0 Å². The van der Waals surface area contributed by atoms with E-state index in [1.165, 1.54) is 57.8 Å². The average Bonchev–Trinajstić information content (AvgIpc) is 2.43. The molecule has 0 N–H and O–H groups in total. The van der Waals surface area contributed by atoms with Crippen molar-refractivity contribution < 1.29 is 0 Å². The van der Waals surface area contributed by atoms with Crippen LogP contribution in [0.25, 0.3) is 0 Å².